The van der Waals surface area contributed by atoms with E-state index in [4.69, 9.17) is 0 Å². The van der Waals surface area contributed by atoms with E-state index in [-0.39, 0.29) is 0 Å². The molecule has 0 amide bonds. The molecule has 0 saturated heterocycles. The molecule has 1 nitrogen and oxygen atoms in total. The summed E-state index contributed by atoms with van der Waals surface area (Å²) < 4.78 is 3.19. The van der Waals surface area contributed by atoms with Gasteiger partial charge in [0.2, 0.25) is 0 Å². The van der Waals surface area contributed by atoms with Gasteiger partial charge in [0, 0.05) is 0 Å². The SMILES string of the molecule is c1ccc([S][Sb]2[c]3ccccc3CN(c3ccccc3)Cc3cccc[c]32)cc1. The average Bonchev–Trinajstić information content (AvgIpc) is 2.78. The van der Waals surface area contributed by atoms with Crippen molar-refractivity contribution in [3.8, 4) is 0 Å². The molecule has 0 aliphatic carbocycles. The molecule has 4 aromatic carbocycles. The summed E-state index contributed by atoms with van der Waals surface area (Å²) in [7, 11) is 2.13. The van der Waals surface area contributed by atoms with E-state index >= 15 is 0 Å². The van der Waals surface area contributed by atoms with Crippen molar-refractivity contribution in [3.05, 3.63) is 120 Å². The Morgan fingerprint density at radius 1 is 0.552 bits per heavy atom. The van der Waals surface area contributed by atoms with Gasteiger partial charge in [0.15, 0.2) is 0 Å². The molecule has 29 heavy (non-hydrogen) atoms. The van der Waals surface area contributed by atoms with E-state index in [0.717, 1.165) is 13.1 Å². The van der Waals surface area contributed by atoms with Gasteiger partial charge in [-0.2, -0.15) is 0 Å². The molecule has 0 bridgehead atoms. The van der Waals surface area contributed by atoms with Gasteiger partial charge in [-0.1, -0.05) is 0 Å². The first-order chi connectivity index (χ1) is 14.4. The second kappa shape index (κ2) is 8.69. The number of fused-ring (bicyclic) bond motifs is 2. The Balaban J connectivity index is 1.64. The van der Waals surface area contributed by atoms with Crippen LogP contribution < -0.4 is 11.9 Å². The van der Waals surface area contributed by atoms with Gasteiger partial charge in [0.25, 0.3) is 0 Å². The van der Waals surface area contributed by atoms with Crippen molar-refractivity contribution in [3.63, 3.8) is 0 Å². The molecule has 0 saturated carbocycles. The van der Waals surface area contributed by atoms with Crippen molar-refractivity contribution in [2.45, 2.75) is 18.0 Å². The predicted molar refractivity (Wildman–Crippen MR) is 127 cm³/mol. The normalized spacial score (nSPS) is 13.9. The maximum absolute atomic E-state index is 2.52. The van der Waals surface area contributed by atoms with E-state index in [1.165, 1.54) is 21.7 Å². The number of para-hydroxylation sites is 1. The summed E-state index contributed by atoms with van der Waals surface area (Å²) in [6.07, 6.45) is 0. The second-order valence-corrected chi connectivity index (χ2v) is 16.2. The van der Waals surface area contributed by atoms with Crippen molar-refractivity contribution in [1.82, 2.24) is 0 Å². The van der Waals surface area contributed by atoms with Gasteiger partial charge in [0.05, 0.1) is 0 Å². The summed E-state index contributed by atoms with van der Waals surface area (Å²) in [5, 5.41) is 0. The van der Waals surface area contributed by atoms with E-state index in [2.05, 4.69) is 123 Å². The van der Waals surface area contributed by atoms with Crippen LogP contribution >= 0.6 is 8.85 Å². The number of anilines is 1. The van der Waals surface area contributed by atoms with Crippen molar-refractivity contribution < 1.29 is 0 Å². The summed E-state index contributed by atoms with van der Waals surface area (Å²) >= 11 is -2.01. The zero-order valence-electron chi connectivity index (χ0n) is 16.1. The molecule has 0 spiro atoms. The standard InChI is InChI=1S/C20H17N.C6H6S.Sb/c1-4-10-18(11-5-1)16-21(20-14-8-3-9-15-20)17-19-12-6-2-7-13-19;7-6-4-2-1-3-5-6;/h1-10,12,14-15H,16-17H2;1-5,7H;/q;;+1/p-1. The average molecular weight is 502 g/mol. The van der Waals surface area contributed by atoms with Crippen LogP contribution in [0.4, 0.5) is 5.69 Å². The molecule has 0 unspecified atom stereocenters. The Morgan fingerprint density at radius 3 is 1.62 bits per heavy atom. The van der Waals surface area contributed by atoms with Crippen molar-refractivity contribution in [2.24, 2.45) is 0 Å². The predicted octanol–water partition coefficient (Wildman–Crippen LogP) is 5.10. The van der Waals surface area contributed by atoms with E-state index in [9.17, 15) is 0 Å². The molecule has 142 valence electrons. The van der Waals surface area contributed by atoms with Crippen LogP contribution in [0.25, 0.3) is 0 Å². The quantitative estimate of drug-likeness (QED) is 0.359. The molecule has 3 heteroatoms. The summed E-state index contributed by atoms with van der Waals surface area (Å²) in [5.74, 6) is 0. The zero-order valence-corrected chi connectivity index (χ0v) is 19.5. The molecular weight excluding hydrogens is 480 g/mol. The van der Waals surface area contributed by atoms with Crippen LogP contribution in [0.1, 0.15) is 11.1 Å². The number of hydrogen-bond donors (Lipinski definition) is 0. The molecular formula is C26H22NSSb. The number of nitrogens with zero attached hydrogens (tertiary/aromatic N) is 1. The Morgan fingerprint density at radius 2 is 1.03 bits per heavy atom. The first-order valence-electron chi connectivity index (χ1n) is 9.87. The Hall–Kier alpha value is -2.15. The zero-order chi connectivity index (χ0) is 19.5. The van der Waals surface area contributed by atoms with Gasteiger partial charge in [-0.25, -0.2) is 0 Å². The van der Waals surface area contributed by atoms with Gasteiger partial charge in [0.1, 0.15) is 0 Å². The maximum atomic E-state index is 2.52. The van der Waals surface area contributed by atoms with Crippen LogP contribution in [0.3, 0.4) is 0 Å². The Bertz CT molecular complexity index is 1050. The van der Waals surface area contributed by atoms with E-state index < -0.39 is 18.8 Å². The minimum absolute atomic E-state index is 0.963. The van der Waals surface area contributed by atoms with Gasteiger partial charge in [-0.3, -0.25) is 0 Å². The third-order valence-electron chi connectivity index (χ3n) is 5.20. The van der Waals surface area contributed by atoms with Crippen LogP contribution in [0.15, 0.2) is 114 Å². The molecule has 0 radical (unpaired) electrons. The van der Waals surface area contributed by atoms with Crippen LogP contribution in [0.5, 0.6) is 0 Å². The van der Waals surface area contributed by atoms with Crippen molar-refractivity contribution >= 4 is 40.4 Å². The molecule has 0 aromatic heterocycles. The molecule has 1 heterocycles. The van der Waals surface area contributed by atoms with Gasteiger partial charge in [-0.05, 0) is 0 Å². The molecule has 1 aliphatic heterocycles. The fourth-order valence-electron chi connectivity index (χ4n) is 3.79. The molecule has 5 rings (SSSR count). The number of hydrogen-bond acceptors (Lipinski definition) is 2. The fraction of sp³-hybridized carbons (Fsp3) is 0.0769. The molecule has 0 N–H and O–H groups in total. The van der Waals surface area contributed by atoms with Crippen LogP contribution in [0.2, 0.25) is 0 Å². The molecule has 4 aromatic rings. The Kier molecular flexibility index (Phi) is 5.65. The summed E-state index contributed by atoms with van der Waals surface area (Å²) in [4.78, 5) is 3.91. The first-order valence-corrected chi connectivity index (χ1v) is 16.3. The molecule has 0 fully saturated rings. The van der Waals surface area contributed by atoms with E-state index in [0.29, 0.717) is 0 Å². The third-order valence-corrected chi connectivity index (χ3v) is 16.9. The number of rotatable bonds is 3. The Labute approximate surface area is 182 Å². The molecule has 1 aliphatic rings. The second-order valence-electron chi connectivity index (χ2n) is 7.15. The van der Waals surface area contributed by atoms with Gasteiger partial charge in [-0.15, -0.1) is 0 Å². The fourth-order valence-corrected chi connectivity index (χ4v) is 15.7. The summed E-state index contributed by atoms with van der Waals surface area (Å²) in [5.41, 5.74) is 4.26. The van der Waals surface area contributed by atoms with Crippen LogP contribution in [-0.4, -0.2) is 18.8 Å². The summed E-state index contributed by atoms with van der Waals surface area (Å²) in [6.45, 7) is 1.93. The van der Waals surface area contributed by atoms with Crippen LogP contribution in [0, 0.1) is 0 Å². The summed E-state index contributed by atoms with van der Waals surface area (Å²) in [6, 6.07) is 40.0. The van der Waals surface area contributed by atoms with Gasteiger partial charge < -0.3 is 0 Å². The molecule has 0 atom stereocenters. The van der Waals surface area contributed by atoms with Crippen molar-refractivity contribution in [1.29, 1.82) is 0 Å². The minimum atomic E-state index is -2.01. The third kappa shape index (κ3) is 4.10. The van der Waals surface area contributed by atoms with E-state index in [1.54, 1.807) is 7.02 Å². The van der Waals surface area contributed by atoms with Crippen molar-refractivity contribution in [2.75, 3.05) is 4.90 Å². The van der Waals surface area contributed by atoms with Crippen LogP contribution in [-0.2, 0) is 13.1 Å². The monoisotopic (exact) mass is 501 g/mol. The van der Waals surface area contributed by atoms with Gasteiger partial charge >= 0.3 is 184 Å². The van der Waals surface area contributed by atoms with E-state index in [1.807, 2.05) is 0 Å². The topological polar surface area (TPSA) is 3.24 Å². The number of benzene rings is 4. The first kappa shape index (κ1) is 18.9.